The van der Waals surface area contributed by atoms with Crippen molar-refractivity contribution < 1.29 is 9.18 Å². The molecule has 1 saturated heterocycles. The second-order valence-corrected chi connectivity index (χ2v) is 5.20. The van der Waals surface area contributed by atoms with Gasteiger partial charge in [-0.15, -0.1) is 0 Å². The third-order valence-electron chi connectivity index (χ3n) is 3.80. The average molecular weight is 279 g/mol. The minimum Gasteiger partial charge on any atom is -0.329 e. The lowest BCUT2D eigenvalue weighted by atomic mass is 10.0. The van der Waals surface area contributed by atoms with Crippen LogP contribution in [0.15, 0.2) is 24.3 Å². The van der Waals surface area contributed by atoms with Crippen LogP contribution >= 0.6 is 0 Å². The largest absolute Gasteiger partial charge is 0.329 e. The Kier molecular flexibility index (Phi) is 5.49. The van der Waals surface area contributed by atoms with E-state index in [1.165, 1.54) is 12.5 Å². The van der Waals surface area contributed by atoms with Crippen LogP contribution in [0, 0.1) is 5.82 Å². The molecular formula is C15H22FN3O. The number of halogens is 1. The number of anilines is 1. The van der Waals surface area contributed by atoms with Gasteiger partial charge in [-0.3, -0.25) is 9.69 Å². The molecule has 1 unspecified atom stereocenters. The predicted molar refractivity (Wildman–Crippen MR) is 77.9 cm³/mol. The Morgan fingerprint density at radius 1 is 1.40 bits per heavy atom. The lowest BCUT2D eigenvalue weighted by Crippen LogP contribution is -2.45. The minimum atomic E-state index is -0.404. The average Bonchev–Trinajstić information content (AvgIpc) is 2.48. The van der Waals surface area contributed by atoms with Crippen LogP contribution in [0.25, 0.3) is 0 Å². The standard InChI is InChI=1S/C15H22FN3O/c16-13-6-1-2-7-14(13)18-15(20)8-10-19-9-4-3-5-12(19)11-17/h1-2,6-7,12H,3-5,8-11,17H2,(H,18,20). The highest BCUT2D eigenvalue weighted by Crippen LogP contribution is 2.17. The van der Waals surface area contributed by atoms with Gasteiger partial charge in [0.1, 0.15) is 5.82 Å². The van der Waals surface area contributed by atoms with Crippen molar-refractivity contribution in [3.63, 3.8) is 0 Å². The van der Waals surface area contributed by atoms with Gasteiger partial charge in [-0.2, -0.15) is 0 Å². The maximum atomic E-state index is 13.4. The number of nitrogens with zero attached hydrogens (tertiary/aromatic N) is 1. The smallest absolute Gasteiger partial charge is 0.225 e. The van der Waals surface area contributed by atoms with E-state index in [0.29, 0.717) is 25.6 Å². The zero-order valence-corrected chi connectivity index (χ0v) is 11.6. The van der Waals surface area contributed by atoms with E-state index in [4.69, 9.17) is 5.73 Å². The number of benzene rings is 1. The number of carbonyl (C=O) groups excluding carboxylic acids is 1. The molecular weight excluding hydrogens is 257 g/mol. The van der Waals surface area contributed by atoms with Crippen LogP contribution in [0.3, 0.4) is 0 Å². The maximum Gasteiger partial charge on any atom is 0.225 e. The molecule has 2 rings (SSSR count). The number of hydrogen-bond acceptors (Lipinski definition) is 3. The second-order valence-electron chi connectivity index (χ2n) is 5.20. The molecule has 3 N–H and O–H groups in total. The summed E-state index contributed by atoms with van der Waals surface area (Å²) in [6, 6.07) is 6.59. The lowest BCUT2D eigenvalue weighted by Gasteiger charge is -2.34. The fraction of sp³-hybridized carbons (Fsp3) is 0.533. The number of carbonyl (C=O) groups is 1. The van der Waals surface area contributed by atoms with E-state index < -0.39 is 5.82 Å². The van der Waals surface area contributed by atoms with E-state index >= 15 is 0 Å². The summed E-state index contributed by atoms with van der Waals surface area (Å²) in [5.41, 5.74) is 5.99. The van der Waals surface area contributed by atoms with E-state index in [1.54, 1.807) is 18.2 Å². The molecule has 0 bridgehead atoms. The van der Waals surface area contributed by atoms with Crippen LogP contribution in [0.2, 0.25) is 0 Å². The monoisotopic (exact) mass is 279 g/mol. The van der Waals surface area contributed by atoms with Gasteiger partial charge in [0.05, 0.1) is 5.69 Å². The van der Waals surface area contributed by atoms with Crippen LogP contribution in [0.1, 0.15) is 25.7 Å². The Morgan fingerprint density at radius 2 is 2.20 bits per heavy atom. The first-order chi connectivity index (χ1) is 9.70. The Hall–Kier alpha value is -1.46. The molecule has 1 heterocycles. The number of para-hydroxylation sites is 1. The van der Waals surface area contributed by atoms with Crippen molar-refractivity contribution in [3.05, 3.63) is 30.1 Å². The van der Waals surface area contributed by atoms with Gasteiger partial charge in [0.25, 0.3) is 0 Å². The van der Waals surface area contributed by atoms with Crippen molar-refractivity contribution in [3.8, 4) is 0 Å². The summed E-state index contributed by atoms with van der Waals surface area (Å²) in [6.45, 7) is 2.31. The highest BCUT2D eigenvalue weighted by atomic mass is 19.1. The molecule has 1 atom stereocenters. The highest BCUT2D eigenvalue weighted by molar-refractivity contribution is 5.90. The summed E-state index contributed by atoms with van der Waals surface area (Å²) in [7, 11) is 0. The number of amides is 1. The van der Waals surface area contributed by atoms with Crippen molar-refractivity contribution in [1.29, 1.82) is 0 Å². The number of rotatable bonds is 5. The van der Waals surface area contributed by atoms with Gasteiger partial charge >= 0.3 is 0 Å². The topological polar surface area (TPSA) is 58.4 Å². The highest BCUT2D eigenvalue weighted by Gasteiger charge is 2.21. The first kappa shape index (κ1) is 14.9. The van der Waals surface area contributed by atoms with E-state index in [2.05, 4.69) is 10.2 Å². The van der Waals surface area contributed by atoms with Crippen LogP contribution < -0.4 is 11.1 Å². The molecule has 0 aromatic heterocycles. The third kappa shape index (κ3) is 4.02. The summed E-state index contributed by atoms with van der Waals surface area (Å²) < 4.78 is 13.4. The van der Waals surface area contributed by atoms with Crippen molar-refractivity contribution in [1.82, 2.24) is 4.90 Å². The lowest BCUT2D eigenvalue weighted by molar-refractivity contribution is -0.116. The van der Waals surface area contributed by atoms with E-state index in [-0.39, 0.29) is 11.6 Å². The van der Waals surface area contributed by atoms with Gasteiger partial charge in [0.2, 0.25) is 5.91 Å². The number of hydrogen-bond donors (Lipinski definition) is 2. The minimum absolute atomic E-state index is 0.156. The van der Waals surface area contributed by atoms with Gasteiger partial charge in [-0.05, 0) is 31.5 Å². The number of nitrogens with two attached hydrogens (primary N) is 1. The molecule has 0 aliphatic carbocycles. The number of nitrogens with one attached hydrogen (secondary N) is 1. The Morgan fingerprint density at radius 3 is 2.95 bits per heavy atom. The Bertz CT molecular complexity index is 452. The summed E-state index contributed by atoms with van der Waals surface area (Å²) in [4.78, 5) is 14.1. The summed E-state index contributed by atoms with van der Waals surface area (Å²) >= 11 is 0. The molecule has 1 aliphatic rings. The molecule has 1 fully saturated rings. The van der Waals surface area contributed by atoms with Crippen molar-refractivity contribution in [2.45, 2.75) is 31.7 Å². The van der Waals surface area contributed by atoms with Crippen LogP contribution in [0.4, 0.5) is 10.1 Å². The molecule has 20 heavy (non-hydrogen) atoms. The first-order valence-electron chi connectivity index (χ1n) is 7.19. The second kappa shape index (κ2) is 7.36. The molecule has 110 valence electrons. The summed E-state index contributed by atoms with van der Waals surface area (Å²) in [5, 5.41) is 2.61. The normalized spacial score (nSPS) is 19.8. The number of piperidine rings is 1. The zero-order valence-electron chi connectivity index (χ0n) is 11.6. The Labute approximate surface area is 119 Å². The molecule has 0 radical (unpaired) electrons. The quantitative estimate of drug-likeness (QED) is 0.866. The molecule has 0 saturated carbocycles. The third-order valence-corrected chi connectivity index (χ3v) is 3.80. The fourth-order valence-electron chi connectivity index (χ4n) is 2.64. The fourth-order valence-corrected chi connectivity index (χ4v) is 2.64. The van der Waals surface area contributed by atoms with Gasteiger partial charge in [0, 0.05) is 25.6 Å². The van der Waals surface area contributed by atoms with Crippen LogP contribution in [-0.2, 0) is 4.79 Å². The molecule has 0 spiro atoms. The van der Waals surface area contributed by atoms with E-state index in [0.717, 1.165) is 19.4 Å². The van der Waals surface area contributed by atoms with Gasteiger partial charge in [-0.1, -0.05) is 18.6 Å². The van der Waals surface area contributed by atoms with Crippen LogP contribution in [-0.4, -0.2) is 36.5 Å². The molecule has 1 aromatic rings. The Balaban J connectivity index is 1.81. The van der Waals surface area contributed by atoms with Crippen molar-refractivity contribution in [2.75, 3.05) is 25.0 Å². The maximum absolute atomic E-state index is 13.4. The van der Waals surface area contributed by atoms with E-state index in [1.807, 2.05) is 0 Å². The van der Waals surface area contributed by atoms with Crippen molar-refractivity contribution in [2.24, 2.45) is 5.73 Å². The van der Waals surface area contributed by atoms with E-state index in [9.17, 15) is 9.18 Å². The summed E-state index contributed by atoms with van der Waals surface area (Å²) in [5.74, 6) is -0.560. The summed E-state index contributed by atoms with van der Waals surface area (Å²) in [6.07, 6.45) is 3.83. The SMILES string of the molecule is NCC1CCCCN1CCC(=O)Nc1ccccc1F. The molecule has 1 aromatic carbocycles. The molecule has 1 amide bonds. The zero-order chi connectivity index (χ0) is 14.4. The van der Waals surface area contributed by atoms with Crippen molar-refractivity contribution >= 4 is 11.6 Å². The predicted octanol–water partition coefficient (Wildman–Crippen LogP) is 1.97. The van der Waals surface area contributed by atoms with Crippen LogP contribution in [0.5, 0.6) is 0 Å². The van der Waals surface area contributed by atoms with Gasteiger partial charge in [-0.25, -0.2) is 4.39 Å². The molecule has 5 heteroatoms. The first-order valence-corrected chi connectivity index (χ1v) is 7.19. The van der Waals surface area contributed by atoms with Gasteiger partial charge < -0.3 is 11.1 Å². The molecule has 1 aliphatic heterocycles. The molecule has 4 nitrogen and oxygen atoms in total. The van der Waals surface area contributed by atoms with Gasteiger partial charge in [0.15, 0.2) is 0 Å². The number of likely N-dealkylation sites (tertiary alicyclic amines) is 1.